The standard InChI is InChI=1S/C12H15FN2O3S/c1-4-15(3)12-11-9(18-8(2)13)6-5-7-10(11)19(16,17)14-12/h5-8H,4H2,1-3H3. The van der Waals surface area contributed by atoms with Crippen molar-refractivity contribution in [2.45, 2.75) is 25.1 Å². The largest absolute Gasteiger partial charge is 0.460 e. The number of hydrogen-bond donors (Lipinski definition) is 0. The highest BCUT2D eigenvalue weighted by atomic mass is 32.2. The lowest BCUT2D eigenvalue weighted by Gasteiger charge is -2.18. The van der Waals surface area contributed by atoms with Crippen molar-refractivity contribution < 1.29 is 17.5 Å². The molecule has 0 saturated carbocycles. The Labute approximate surface area is 111 Å². The molecule has 1 aliphatic heterocycles. The molecule has 0 aliphatic carbocycles. The smallest absolute Gasteiger partial charge is 0.285 e. The maximum absolute atomic E-state index is 13.0. The fourth-order valence-corrected chi connectivity index (χ4v) is 3.10. The maximum atomic E-state index is 13.0. The van der Waals surface area contributed by atoms with Gasteiger partial charge in [-0.25, -0.2) is 4.39 Å². The molecule has 0 fully saturated rings. The molecule has 5 nitrogen and oxygen atoms in total. The van der Waals surface area contributed by atoms with E-state index in [-0.39, 0.29) is 16.5 Å². The molecule has 1 aliphatic rings. The van der Waals surface area contributed by atoms with Crippen molar-refractivity contribution in [2.24, 2.45) is 4.40 Å². The predicted octanol–water partition coefficient (Wildman–Crippen LogP) is 1.78. The van der Waals surface area contributed by atoms with Gasteiger partial charge in [0.05, 0.1) is 5.56 Å². The van der Waals surface area contributed by atoms with Gasteiger partial charge in [0.2, 0.25) is 6.36 Å². The van der Waals surface area contributed by atoms with Crippen LogP contribution in [-0.4, -0.2) is 39.1 Å². The summed E-state index contributed by atoms with van der Waals surface area (Å²) in [6.45, 7) is 3.69. The Morgan fingerprint density at radius 2 is 2.16 bits per heavy atom. The Kier molecular flexibility index (Phi) is 3.49. The number of fused-ring (bicyclic) bond motifs is 1. The molecule has 1 unspecified atom stereocenters. The first-order valence-electron chi connectivity index (χ1n) is 5.87. The molecular weight excluding hydrogens is 271 g/mol. The summed E-state index contributed by atoms with van der Waals surface area (Å²) in [5, 5.41) is 0. The van der Waals surface area contributed by atoms with Crippen LogP contribution in [-0.2, 0) is 10.0 Å². The van der Waals surface area contributed by atoms with E-state index in [2.05, 4.69) is 4.40 Å². The van der Waals surface area contributed by atoms with Crippen molar-refractivity contribution in [3.05, 3.63) is 23.8 Å². The van der Waals surface area contributed by atoms with Crippen molar-refractivity contribution >= 4 is 15.9 Å². The Bertz CT molecular complexity index is 626. The Morgan fingerprint density at radius 1 is 1.47 bits per heavy atom. The lowest BCUT2D eigenvalue weighted by Crippen LogP contribution is -2.26. The summed E-state index contributed by atoms with van der Waals surface area (Å²) >= 11 is 0. The van der Waals surface area contributed by atoms with Crippen molar-refractivity contribution in [1.29, 1.82) is 0 Å². The van der Waals surface area contributed by atoms with Gasteiger partial charge in [-0.05, 0) is 19.1 Å². The van der Waals surface area contributed by atoms with Crippen LogP contribution in [0.1, 0.15) is 19.4 Å². The molecule has 0 radical (unpaired) electrons. The number of benzene rings is 1. The second kappa shape index (κ2) is 4.80. The number of nitrogens with zero attached hydrogens (tertiary/aromatic N) is 2. The van der Waals surface area contributed by atoms with E-state index in [1.54, 1.807) is 11.9 Å². The van der Waals surface area contributed by atoms with E-state index in [4.69, 9.17) is 4.74 Å². The van der Waals surface area contributed by atoms with Gasteiger partial charge >= 0.3 is 0 Å². The van der Waals surface area contributed by atoms with E-state index in [9.17, 15) is 12.8 Å². The molecule has 0 bridgehead atoms. The zero-order valence-electron chi connectivity index (χ0n) is 10.9. The first-order valence-corrected chi connectivity index (χ1v) is 7.31. The summed E-state index contributed by atoms with van der Waals surface area (Å²) in [4.78, 5) is 1.74. The number of sulfonamides is 1. The third-order valence-corrected chi connectivity index (χ3v) is 4.13. The van der Waals surface area contributed by atoms with Crippen LogP contribution >= 0.6 is 0 Å². The minimum absolute atomic E-state index is 0.0564. The third-order valence-electron chi connectivity index (χ3n) is 2.82. The van der Waals surface area contributed by atoms with E-state index in [1.807, 2.05) is 6.92 Å². The molecule has 0 N–H and O–H groups in total. The van der Waals surface area contributed by atoms with Gasteiger partial charge in [0, 0.05) is 20.5 Å². The maximum Gasteiger partial charge on any atom is 0.285 e. The Morgan fingerprint density at radius 3 is 2.74 bits per heavy atom. The minimum Gasteiger partial charge on any atom is -0.460 e. The van der Waals surface area contributed by atoms with Gasteiger partial charge in [0.25, 0.3) is 10.0 Å². The monoisotopic (exact) mass is 286 g/mol. The second-order valence-corrected chi connectivity index (χ2v) is 5.77. The molecule has 0 saturated heterocycles. The van der Waals surface area contributed by atoms with Gasteiger partial charge in [-0.2, -0.15) is 8.42 Å². The molecule has 1 aromatic rings. The SMILES string of the molecule is CCN(C)C1=NS(=O)(=O)c2cccc(OC(C)F)c21. The van der Waals surface area contributed by atoms with Crippen LogP contribution in [0.3, 0.4) is 0 Å². The Balaban J connectivity index is 2.63. The Hall–Kier alpha value is -1.63. The van der Waals surface area contributed by atoms with Crippen molar-refractivity contribution in [3.8, 4) is 5.75 Å². The van der Waals surface area contributed by atoms with Crippen LogP contribution in [0.5, 0.6) is 5.75 Å². The van der Waals surface area contributed by atoms with Crippen molar-refractivity contribution in [2.75, 3.05) is 13.6 Å². The number of ether oxygens (including phenoxy) is 1. The van der Waals surface area contributed by atoms with E-state index >= 15 is 0 Å². The van der Waals surface area contributed by atoms with Crippen molar-refractivity contribution in [1.82, 2.24) is 4.90 Å². The van der Waals surface area contributed by atoms with Gasteiger partial charge in [-0.3, -0.25) is 0 Å². The summed E-state index contributed by atoms with van der Waals surface area (Å²) in [6.07, 6.45) is -1.53. The average Bonchev–Trinajstić information content (AvgIpc) is 2.61. The van der Waals surface area contributed by atoms with Crippen LogP contribution < -0.4 is 4.74 Å². The molecule has 104 valence electrons. The summed E-state index contributed by atoms with van der Waals surface area (Å²) in [5.74, 6) is 0.473. The zero-order chi connectivity index (χ0) is 14.2. The van der Waals surface area contributed by atoms with Crippen LogP contribution in [0.25, 0.3) is 0 Å². The van der Waals surface area contributed by atoms with E-state index in [1.165, 1.54) is 25.1 Å². The minimum atomic E-state index is -3.72. The van der Waals surface area contributed by atoms with Gasteiger partial charge in [0.15, 0.2) is 5.84 Å². The fourth-order valence-electron chi connectivity index (χ4n) is 1.84. The van der Waals surface area contributed by atoms with Gasteiger partial charge in [0.1, 0.15) is 10.6 Å². The fraction of sp³-hybridized carbons (Fsp3) is 0.417. The molecule has 2 rings (SSSR count). The molecule has 0 spiro atoms. The summed E-state index contributed by atoms with van der Waals surface area (Å²) in [5.41, 5.74) is 0.330. The predicted molar refractivity (Wildman–Crippen MR) is 69.7 cm³/mol. The van der Waals surface area contributed by atoms with E-state index < -0.39 is 16.4 Å². The molecular formula is C12H15FN2O3S. The molecule has 1 atom stereocenters. The lowest BCUT2D eigenvalue weighted by atomic mass is 10.1. The average molecular weight is 286 g/mol. The lowest BCUT2D eigenvalue weighted by molar-refractivity contribution is 0.0855. The van der Waals surface area contributed by atoms with Crippen LogP contribution in [0.2, 0.25) is 0 Å². The molecule has 1 heterocycles. The van der Waals surface area contributed by atoms with E-state index in [0.717, 1.165) is 0 Å². The topological polar surface area (TPSA) is 59.0 Å². The number of alkyl halides is 1. The van der Waals surface area contributed by atoms with Gasteiger partial charge < -0.3 is 9.64 Å². The van der Waals surface area contributed by atoms with Crippen LogP contribution in [0.4, 0.5) is 4.39 Å². The highest BCUT2D eigenvalue weighted by Crippen LogP contribution is 2.34. The highest BCUT2D eigenvalue weighted by Gasteiger charge is 2.33. The zero-order valence-corrected chi connectivity index (χ0v) is 11.7. The highest BCUT2D eigenvalue weighted by molar-refractivity contribution is 7.90. The summed E-state index contributed by atoms with van der Waals surface area (Å²) in [7, 11) is -2.00. The van der Waals surface area contributed by atoms with Gasteiger partial charge in [-0.1, -0.05) is 6.07 Å². The number of halogens is 1. The number of hydrogen-bond acceptors (Lipinski definition) is 4. The quantitative estimate of drug-likeness (QED) is 0.850. The van der Waals surface area contributed by atoms with E-state index in [0.29, 0.717) is 12.1 Å². The second-order valence-electron chi connectivity index (χ2n) is 4.19. The van der Waals surface area contributed by atoms with Crippen LogP contribution in [0, 0.1) is 0 Å². The van der Waals surface area contributed by atoms with Gasteiger partial charge in [-0.15, -0.1) is 4.40 Å². The molecule has 7 heteroatoms. The first kappa shape index (κ1) is 13.8. The van der Waals surface area contributed by atoms with Crippen molar-refractivity contribution in [3.63, 3.8) is 0 Å². The number of rotatable bonds is 3. The molecule has 1 aromatic carbocycles. The van der Waals surface area contributed by atoms with Crippen LogP contribution in [0.15, 0.2) is 27.5 Å². The summed E-state index contributed by atoms with van der Waals surface area (Å²) in [6, 6.07) is 4.49. The molecule has 0 aromatic heterocycles. The first-order chi connectivity index (χ1) is 8.86. The normalized spacial score (nSPS) is 17.6. The number of amidine groups is 1. The summed E-state index contributed by atoms with van der Waals surface area (Å²) < 4.78 is 45.7. The molecule has 19 heavy (non-hydrogen) atoms. The molecule has 0 amide bonds. The third kappa shape index (κ3) is 2.42.